The predicted molar refractivity (Wildman–Crippen MR) is 162 cm³/mol. The summed E-state index contributed by atoms with van der Waals surface area (Å²) in [4.78, 5) is 29.4. The van der Waals surface area contributed by atoms with Gasteiger partial charge in [0.05, 0.1) is 24.3 Å². The summed E-state index contributed by atoms with van der Waals surface area (Å²) in [6.07, 6.45) is 2.23. The Balaban J connectivity index is 2.11. The highest BCUT2D eigenvalue weighted by molar-refractivity contribution is 7.98. The Morgan fingerprint density at radius 1 is 1.00 bits per heavy atom. The Bertz CT molecular complexity index is 1430. The average molecular weight is 600 g/mol. The van der Waals surface area contributed by atoms with Gasteiger partial charge >= 0.3 is 0 Å². The van der Waals surface area contributed by atoms with E-state index in [9.17, 15) is 18.0 Å². The highest BCUT2D eigenvalue weighted by Gasteiger charge is 2.34. The summed E-state index contributed by atoms with van der Waals surface area (Å²) in [6.45, 7) is 3.43. The average Bonchev–Trinajstić information content (AvgIpc) is 3.00. The molecule has 1 N–H and O–H groups in total. The second-order valence-corrected chi connectivity index (χ2v) is 11.7. The van der Waals surface area contributed by atoms with E-state index in [4.69, 9.17) is 9.47 Å². The lowest BCUT2D eigenvalue weighted by atomic mass is 10.1. The Kier molecular flexibility index (Phi) is 11.5. The van der Waals surface area contributed by atoms with Gasteiger partial charge in [0.15, 0.2) is 0 Å². The van der Waals surface area contributed by atoms with E-state index in [1.54, 1.807) is 75.6 Å². The number of carbonyl (C=O) groups excluding carboxylic acids is 2. The number of sulfonamides is 1. The first-order valence-electron chi connectivity index (χ1n) is 13.2. The number of methoxy groups -OCH3 is 1. The van der Waals surface area contributed by atoms with Gasteiger partial charge in [-0.05, 0) is 73.7 Å². The van der Waals surface area contributed by atoms with Gasteiger partial charge in [-0.15, -0.1) is 11.8 Å². The third kappa shape index (κ3) is 7.74. The van der Waals surface area contributed by atoms with E-state index in [2.05, 4.69) is 5.32 Å². The zero-order valence-electron chi connectivity index (χ0n) is 24.0. The van der Waals surface area contributed by atoms with Crippen LogP contribution in [0.4, 0.5) is 5.69 Å². The van der Waals surface area contributed by atoms with E-state index >= 15 is 0 Å². The molecule has 0 bridgehead atoms. The Hall–Kier alpha value is -3.70. The van der Waals surface area contributed by atoms with E-state index in [0.29, 0.717) is 24.5 Å². The molecule has 0 aliphatic heterocycles. The Morgan fingerprint density at radius 3 is 2.32 bits per heavy atom. The minimum absolute atomic E-state index is 0.0343. The van der Waals surface area contributed by atoms with Crippen molar-refractivity contribution in [2.45, 2.75) is 42.6 Å². The van der Waals surface area contributed by atoms with Gasteiger partial charge in [-0.1, -0.05) is 31.2 Å². The molecule has 0 aromatic heterocycles. The summed E-state index contributed by atoms with van der Waals surface area (Å²) in [6, 6.07) is 19.5. The number of para-hydroxylation sites is 2. The van der Waals surface area contributed by atoms with Crippen molar-refractivity contribution in [3.8, 4) is 11.5 Å². The molecule has 0 fully saturated rings. The maximum absolute atomic E-state index is 14.1. The summed E-state index contributed by atoms with van der Waals surface area (Å²) in [7, 11) is -1.16. The van der Waals surface area contributed by atoms with Crippen molar-refractivity contribution in [2.75, 3.05) is 37.9 Å². The molecule has 3 aromatic rings. The number of thioether (sulfide) groups is 1. The number of nitrogens with zero attached hydrogens (tertiary/aromatic N) is 2. The van der Waals surface area contributed by atoms with Crippen LogP contribution in [-0.4, -0.2) is 64.7 Å². The van der Waals surface area contributed by atoms with E-state index in [1.807, 2.05) is 12.3 Å². The van der Waals surface area contributed by atoms with Gasteiger partial charge in [0.1, 0.15) is 24.1 Å². The van der Waals surface area contributed by atoms with Gasteiger partial charge in [0.25, 0.3) is 10.0 Å². The number of amides is 2. The van der Waals surface area contributed by atoms with Crippen molar-refractivity contribution in [2.24, 2.45) is 0 Å². The first kappa shape index (κ1) is 31.8. The van der Waals surface area contributed by atoms with Crippen molar-refractivity contribution in [3.63, 3.8) is 0 Å². The maximum atomic E-state index is 14.1. The minimum Gasteiger partial charge on any atom is -0.497 e. The SMILES string of the molecule is CCOc1ccccc1N(CC(=O)N(Cc1cccc(OC)c1)C(CC)C(=O)NC)S(=O)(=O)c1ccc(SC)cc1. The van der Waals surface area contributed by atoms with Crippen LogP contribution in [0.2, 0.25) is 0 Å². The smallest absolute Gasteiger partial charge is 0.264 e. The molecule has 0 saturated carbocycles. The quantitative estimate of drug-likeness (QED) is 0.271. The molecule has 1 unspecified atom stereocenters. The summed E-state index contributed by atoms with van der Waals surface area (Å²) < 4.78 is 40.4. The van der Waals surface area contributed by atoms with Crippen LogP contribution in [-0.2, 0) is 26.2 Å². The summed E-state index contributed by atoms with van der Waals surface area (Å²) in [5, 5.41) is 2.63. The highest BCUT2D eigenvalue weighted by atomic mass is 32.2. The van der Waals surface area contributed by atoms with E-state index in [1.165, 1.54) is 35.8 Å². The topological polar surface area (TPSA) is 105 Å². The Morgan fingerprint density at radius 2 is 1.71 bits per heavy atom. The number of nitrogens with one attached hydrogen (secondary N) is 1. The molecule has 2 amide bonds. The molecule has 1 atom stereocenters. The standard InChI is InChI=1S/C30H37N3O6S2/c1-6-26(30(35)31-3)32(20-22-11-10-12-23(19-22)38-4)29(34)21-33(27-13-8-9-14-28(27)39-7-2)41(36,37)25-17-15-24(40-5)16-18-25/h8-19,26H,6-7,20-21H2,1-5H3,(H,31,35). The zero-order valence-corrected chi connectivity index (χ0v) is 25.6. The van der Waals surface area contributed by atoms with Crippen LogP contribution < -0.4 is 19.1 Å². The molecule has 220 valence electrons. The predicted octanol–water partition coefficient (Wildman–Crippen LogP) is 4.56. The second-order valence-electron chi connectivity index (χ2n) is 9.00. The number of likely N-dealkylation sites (N-methyl/N-ethyl adjacent to an activating group) is 1. The molecule has 0 aliphatic carbocycles. The lowest BCUT2D eigenvalue weighted by Gasteiger charge is -2.33. The molecule has 0 spiro atoms. The maximum Gasteiger partial charge on any atom is 0.264 e. The monoisotopic (exact) mass is 599 g/mol. The Labute approximate surface area is 246 Å². The molecular formula is C30H37N3O6S2. The normalized spacial score (nSPS) is 11.8. The van der Waals surface area contributed by atoms with Crippen LogP contribution in [0, 0.1) is 0 Å². The number of hydrogen-bond acceptors (Lipinski definition) is 7. The second kappa shape index (κ2) is 14.8. The molecule has 0 heterocycles. The molecule has 0 saturated heterocycles. The van der Waals surface area contributed by atoms with Gasteiger partial charge in [-0.2, -0.15) is 0 Å². The van der Waals surface area contributed by atoms with Crippen LogP contribution >= 0.6 is 11.8 Å². The third-order valence-corrected chi connectivity index (χ3v) is 9.00. The van der Waals surface area contributed by atoms with Gasteiger partial charge in [0.2, 0.25) is 11.8 Å². The van der Waals surface area contributed by atoms with Crippen LogP contribution in [0.3, 0.4) is 0 Å². The van der Waals surface area contributed by atoms with E-state index < -0.39 is 28.5 Å². The summed E-state index contributed by atoms with van der Waals surface area (Å²) in [5.74, 6) is 0.0376. The highest BCUT2D eigenvalue weighted by Crippen LogP contribution is 2.33. The van der Waals surface area contributed by atoms with Gasteiger partial charge in [0, 0.05) is 18.5 Å². The molecule has 9 nitrogen and oxygen atoms in total. The van der Waals surface area contributed by atoms with Crippen LogP contribution in [0.15, 0.2) is 82.6 Å². The molecule has 3 aromatic carbocycles. The van der Waals surface area contributed by atoms with E-state index in [-0.39, 0.29) is 23.0 Å². The number of benzene rings is 3. The molecule has 11 heteroatoms. The first-order chi connectivity index (χ1) is 19.7. The van der Waals surface area contributed by atoms with Gasteiger partial charge in [-0.3, -0.25) is 13.9 Å². The van der Waals surface area contributed by atoms with Crippen LogP contribution in [0.1, 0.15) is 25.8 Å². The van der Waals surface area contributed by atoms with Crippen molar-refractivity contribution in [3.05, 3.63) is 78.4 Å². The van der Waals surface area contributed by atoms with Crippen LogP contribution in [0.25, 0.3) is 0 Å². The molecule has 3 rings (SSSR count). The van der Waals surface area contributed by atoms with Gasteiger partial charge < -0.3 is 19.7 Å². The number of hydrogen-bond donors (Lipinski definition) is 1. The number of ether oxygens (including phenoxy) is 2. The van der Waals surface area contributed by atoms with Gasteiger partial charge in [-0.25, -0.2) is 8.42 Å². The molecule has 41 heavy (non-hydrogen) atoms. The third-order valence-electron chi connectivity index (χ3n) is 6.48. The van der Waals surface area contributed by atoms with Crippen LogP contribution in [0.5, 0.6) is 11.5 Å². The van der Waals surface area contributed by atoms with Crippen molar-refractivity contribution in [1.82, 2.24) is 10.2 Å². The fourth-order valence-corrected chi connectivity index (χ4v) is 6.22. The summed E-state index contributed by atoms with van der Waals surface area (Å²) in [5.41, 5.74) is 0.961. The number of anilines is 1. The molecular weight excluding hydrogens is 562 g/mol. The van der Waals surface area contributed by atoms with Crippen molar-refractivity contribution >= 4 is 39.3 Å². The zero-order chi connectivity index (χ0) is 30.0. The first-order valence-corrected chi connectivity index (χ1v) is 15.9. The minimum atomic E-state index is -4.21. The number of carbonyl (C=O) groups is 2. The molecule has 0 radical (unpaired) electrons. The lowest BCUT2D eigenvalue weighted by Crippen LogP contribution is -2.51. The fraction of sp³-hybridized carbons (Fsp3) is 0.333. The van der Waals surface area contributed by atoms with Crippen molar-refractivity contribution < 1.29 is 27.5 Å². The summed E-state index contributed by atoms with van der Waals surface area (Å²) >= 11 is 1.49. The fourth-order valence-electron chi connectivity index (χ4n) is 4.38. The van der Waals surface area contributed by atoms with Crippen molar-refractivity contribution in [1.29, 1.82) is 0 Å². The molecule has 0 aliphatic rings. The number of rotatable bonds is 14. The van der Waals surface area contributed by atoms with E-state index in [0.717, 1.165) is 14.8 Å². The lowest BCUT2D eigenvalue weighted by molar-refractivity contribution is -0.140. The largest absolute Gasteiger partial charge is 0.497 e.